The molecule has 1 aliphatic carbocycles. The summed E-state index contributed by atoms with van der Waals surface area (Å²) in [5, 5.41) is 16.9. The highest BCUT2D eigenvalue weighted by atomic mass is 32.1. The molecule has 1 aromatic heterocycles. The Morgan fingerprint density at radius 1 is 1.15 bits per heavy atom. The van der Waals surface area contributed by atoms with E-state index in [1.807, 2.05) is 6.07 Å². The number of nitrogens with one attached hydrogen (secondary N) is 2. The molecule has 0 unspecified atom stereocenters. The maximum absolute atomic E-state index is 13.2. The van der Waals surface area contributed by atoms with Gasteiger partial charge in [0, 0.05) is 30.4 Å². The van der Waals surface area contributed by atoms with Crippen molar-refractivity contribution in [1.82, 2.24) is 14.8 Å². The molecule has 4 rings (SSSR count). The highest BCUT2D eigenvalue weighted by Gasteiger charge is 2.37. The summed E-state index contributed by atoms with van der Waals surface area (Å²) in [5.41, 5.74) is 1.05. The van der Waals surface area contributed by atoms with Crippen LogP contribution in [0, 0.1) is 17.2 Å². The van der Waals surface area contributed by atoms with E-state index in [9.17, 15) is 14.4 Å². The van der Waals surface area contributed by atoms with Crippen molar-refractivity contribution in [2.45, 2.75) is 44.6 Å². The van der Waals surface area contributed by atoms with Crippen LogP contribution in [0.25, 0.3) is 0 Å². The standard InChI is InChI=1S/C24H28N6O3S/c25-15-18-6-8-19(9-7-18)27-24(33)29-11-12-30(21(31)16-29)20(14-17-4-2-1-3-5-17)22(32)28-23-26-10-13-34-23/h6-10,13,17,20H,1-5,11-12,14,16H2,(H,27,33)(H,26,28,32)/t20-/m0/s1. The highest BCUT2D eigenvalue weighted by molar-refractivity contribution is 7.13. The first-order valence-electron chi connectivity index (χ1n) is 11.6. The van der Waals surface area contributed by atoms with Gasteiger partial charge >= 0.3 is 6.03 Å². The Bertz CT molecular complexity index is 1040. The molecule has 34 heavy (non-hydrogen) atoms. The normalized spacial score (nSPS) is 17.7. The third kappa shape index (κ3) is 5.91. The summed E-state index contributed by atoms with van der Waals surface area (Å²) in [7, 11) is 0. The van der Waals surface area contributed by atoms with E-state index in [-0.39, 0.29) is 24.4 Å². The van der Waals surface area contributed by atoms with Crippen LogP contribution in [-0.2, 0) is 9.59 Å². The average Bonchev–Trinajstić information content (AvgIpc) is 3.37. The summed E-state index contributed by atoms with van der Waals surface area (Å²) in [6.45, 7) is 0.537. The van der Waals surface area contributed by atoms with Gasteiger partial charge in [0.25, 0.3) is 0 Å². The van der Waals surface area contributed by atoms with Gasteiger partial charge in [-0.2, -0.15) is 5.26 Å². The molecule has 2 aliphatic rings. The first kappa shape index (κ1) is 23.7. The Kier molecular flexibility index (Phi) is 7.75. The highest BCUT2D eigenvalue weighted by Crippen LogP contribution is 2.30. The number of nitrogens with zero attached hydrogens (tertiary/aromatic N) is 4. The third-order valence-electron chi connectivity index (χ3n) is 6.43. The van der Waals surface area contributed by atoms with Crippen LogP contribution in [0.2, 0.25) is 0 Å². The van der Waals surface area contributed by atoms with Crippen LogP contribution in [0.5, 0.6) is 0 Å². The van der Waals surface area contributed by atoms with E-state index in [0.29, 0.717) is 41.8 Å². The first-order chi connectivity index (χ1) is 16.5. The number of amides is 4. The first-order valence-corrected chi connectivity index (χ1v) is 12.5. The maximum atomic E-state index is 13.2. The van der Waals surface area contributed by atoms with Gasteiger partial charge in [-0.15, -0.1) is 11.3 Å². The number of piperazine rings is 1. The molecule has 178 valence electrons. The molecule has 0 radical (unpaired) electrons. The van der Waals surface area contributed by atoms with Crippen molar-refractivity contribution in [3.05, 3.63) is 41.4 Å². The van der Waals surface area contributed by atoms with E-state index in [4.69, 9.17) is 5.26 Å². The fourth-order valence-electron chi connectivity index (χ4n) is 4.61. The molecular weight excluding hydrogens is 452 g/mol. The SMILES string of the molecule is N#Cc1ccc(NC(=O)N2CCN([C@@H](CC3CCCCC3)C(=O)Nc3nccs3)C(=O)C2)cc1. The van der Waals surface area contributed by atoms with E-state index < -0.39 is 6.04 Å². The van der Waals surface area contributed by atoms with E-state index in [2.05, 4.69) is 15.6 Å². The van der Waals surface area contributed by atoms with Crippen molar-refractivity contribution in [3.8, 4) is 6.07 Å². The summed E-state index contributed by atoms with van der Waals surface area (Å²) in [5.74, 6) is -0.0491. The largest absolute Gasteiger partial charge is 0.327 e. The Labute approximate surface area is 202 Å². The molecular formula is C24H28N6O3S. The van der Waals surface area contributed by atoms with Gasteiger partial charge < -0.3 is 20.4 Å². The smallest absolute Gasteiger partial charge is 0.322 e. The van der Waals surface area contributed by atoms with Crippen LogP contribution in [0.4, 0.5) is 15.6 Å². The molecule has 4 amide bonds. The molecule has 0 spiro atoms. The van der Waals surface area contributed by atoms with Crippen LogP contribution >= 0.6 is 11.3 Å². The number of urea groups is 1. The van der Waals surface area contributed by atoms with Gasteiger partial charge in [0.1, 0.15) is 12.6 Å². The van der Waals surface area contributed by atoms with Gasteiger partial charge in [-0.3, -0.25) is 9.59 Å². The summed E-state index contributed by atoms with van der Waals surface area (Å²) in [6.07, 6.45) is 7.93. The zero-order valence-electron chi connectivity index (χ0n) is 18.9. The minimum absolute atomic E-state index is 0.0895. The molecule has 10 heteroatoms. The van der Waals surface area contributed by atoms with Crippen molar-refractivity contribution in [2.75, 3.05) is 30.3 Å². The minimum atomic E-state index is -0.580. The second-order valence-corrected chi connectivity index (χ2v) is 9.60. The molecule has 0 bridgehead atoms. The fourth-order valence-corrected chi connectivity index (χ4v) is 5.14. The number of carbonyl (C=O) groups is 3. The number of thiazole rings is 1. The molecule has 1 saturated heterocycles. The van der Waals surface area contributed by atoms with Gasteiger partial charge in [0.05, 0.1) is 11.6 Å². The molecule has 2 heterocycles. The summed E-state index contributed by atoms with van der Waals surface area (Å²) in [6, 6.07) is 7.62. The number of anilines is 2. The van der Waals surface area contributed by atoms with Gasteiger partial charge in [0.15, 0.2) is 5.13 Å². The number of rotatable bonds is 6. The fraction of sp³-hybridized carbons (Fsp3) is 0.458. The number of hydrogen-bond acceptors (Lipinski definition) is 6. The topological polar surface area (TPSA) is 118 Å². The van der Waals surface area contributed by atoms with E-state index in [1.54, 1.807) is 40.7 Å². The number of benzene rings is 1. The monoisotopic (exact) mass is 480 g/mol. The van der Waals surface area contributed by atoms with Crippen molar-refractivity contribution in [3.63, 3.8) is 0 Å². The average molecular weight is 481 g/mol. The number of hydrogen-bond donors (Lipinski definition) is 2. The third-order valence-corrected chi connectivity index (χ3v) is 7.12. The number of carbonyl (C=O) groups excluding carboxylic acids is 3. The second-order valence-electron chi connectivity index (χ2n) is 8.71. The van der Waals surface area contributed by atoms with Crippen molar-refractivity contribution < 1.29 is 14.4 Å². The van der Waals surface area contributed by atoms with Crippen molar-refractivity contribution in [2.24, 2.45) is 5.92 Å². The lowest BCUT2D eigenvalue weighted by atomic mass is 9.84. The van der Waals surface area contributed by atoms with Gasteiger partial charge in [-0.25, -0.2) is 9.78 Å². The Morgan fingerprint density at radius 2 is 1.91 bits per heavy atom. The van der Waals surface area contributed by atoms with Crippen LogP contribution < -0.4 is 10.6 Å². The summed E-state index contributed by atoms with van der Waals surface area (Å²) in [4.78, 5) is 46.2. The molecule has 2 aromatic rings. The summed E-state index contributed by atoms with van der Waals surface area (Å²) < 4.78 is 0. The van der Waals surface area contributed by atoms with E-state index >= 15 is 0 Å². The molecule has 2 N–H and O–H groups in total. The Morgan fingerprint density at radius 3 is 2.56 bits per heavy atom. The summed E-state index contributed by atoms with van der Waals surface area (Å²) >= 11 is 1.34. The lowest BCUT2D eigenvalue weighted by Gasteiger charge is -2.39. The van der Waals surface area contributed by atoms with E-state index in [0.717, 1.165) is 25.7 Å². The van der Waals surface area contributed by atoms with Crippen LogP contribution in [0.15, 0.2) is 35.8 Å². The quantitative estimate of drug-likeness (QED) is 0.654. The predicted octanol–water partition coefficient (Wildman–Crippen LogP) is 3.67. The van der Waals surface area contributed by atoms with Gasteiger partial charge in [0.2, 0.25) is 11.8 Å². The lowest BCUT2D eigenvalue weighted by Crippen LogP contribution is -2.59. The number of nitriles is 1. The Hall–Kier alpha value is -3.45. The van der Waals surface area contributed by atoms with Crippen LogP contribution in [-0.4, -0.2) is 58.3 Å². The Balaban J connectivity index is 1.40. The zero-order chi connectivity index (χ0) is 23.9. The van der Waals surface area contributed by atoms with Crippen LogP contribution in [0.1, 0.15) is 44.1 Å². The zero-order valence-corrected chi connectivity index (χ0v) is 19.7. The number of aromatic nitrogens is 1. The van der Waals surface area contributed by atoms with Gasteiger partial charge in [-0.05, 0) is 36.6 Å². The lowest BCUT2D eigenvalue weighted by molar-refractivity contribution is -0.142. The van der Waals surface area contributed by atoms with Crippen molar-refractivity contribution in [1.29, 1.82) is 5.26 Å². The second kappa shape index (κ2) is 11.1. The molecule has 1 saturated carbocycles. The predicted molar refractivity (Wildman–Crippen MR) is 129 cm³/mol. The molecule has 2 fully saturated rings. The van der Waals surface area contributed by atoms with E-state index in [1.165, 1.54) is 22.7 Å². The van der Waals surface area contributed by atoms with Crippen molar-refractivity contribution >= 4 is 40.0 Å². The molecule has 9 nitrogen and oxygen atoms in total. The van der Waals surface area contributed by atoms with Crippen LogP contribution in [0.3, 0.4) is 0 Å². The molecule has 1 aliphatic heterocycles. The molecule has 1 aromatic carbocycles. The van der Waals surface area contributed by atoms with Gasteiger partial charge in [-0.1, -0.05) is 32.1 Å². The minimum Gasteiger partial charge on any atom is -0.327 e. The maximum Gasteiger partial charge on any atom is 0.322 e. The molecule has 1 atom stereocenters.